The molecule has 0 heterocycles. The lowest BCUT2D eigenvalue weighted by Gasteiger charge is -2.08. The van der Waals surface area contributed by atoms with Crippen LogP contribution >= 0.6 is 0 Å². The van der Waals surface area contributed by atoms with Crippen molar-refractivity contribution in [1.29, 1.82) is 0 Å². The number of aliphatic hydroxyl groups excluding tert-OH is 1. The molecule has 0 spiro atoms. The van der Waals surface area contributed by atoms with Crippen molar-refractivity contribution in [3.05, 3.63) is 35.9 Å². The van der Waals surface area contributed by atoms with Crippen LogP contribution in [0.3, 0.4) is 0 Å². The maximum atomic E-state index is 10.3. The van der Waals surface area contributed by atoms with Gasteiger partial charge in [-0.15, -0.1) is 0 Å². The number of rotatable bonds is 5. The van der Waals surface area contributed by atoms with E-state index in [4.69, 9.17) is 9.84 Å². The average molecular weight is 180 g/mol. The van der Waals surface area contributed by atoms with Crippen LogP contribution in [-0.4, -0.2) is 24.1 Å². The quantitative estimate of drug-likeness (QED) is 0.680. The summed E-state index contributed by atoms with van der Waals surface area (Å²) >= 11 is 0. The maximum Gasteiger partial charge on any atom is 0.151 e. The third-order valence-electron chi connectivity index (χ3n) is 1.64. The lowest BCUT2D eigenvalue weighted by Crippen LogP contribution is -2.18. The van der Waals surface area contributed by atoms with Crippen LogP contribution in [0.15, 0.2) is 30.3 Å². The Bertz CT molecular complexity index is 246. The molecule has 0 saturated heterocycles. The predicted molar refractivity (Wildman–Crippen MR) is 48.2 cm³/mol. The molecule has 0 radical (unpaired) electrons. The molecule has 0 aliphatic carbocycles. The fraction of sp³-hybridized carbons (Fsp3) is 0.300. The number of hydrogen-bond donors (Lipinski definition) is 1. The van der Waals surface area contributed by atoms with Crippen LogP contribution in [0, 0.1) is 0 Å². The summed E-state index contributed by atoms with van der Waals surface area (Å²) in [6.07, 6.45) is -0.108. The molecule has 3 heteroatoms. The number of hydrogen-bond acceptors (Lipinski definition) is 3. The van der Waals surface area contributed by atoms with E-state index in [2.05, 4.69) is 0 Å². The second-order valence-corrected chi connectivity index (χ2v) is 2.65. The number of benzene rings is 1. The number of ether oxygens (including phenoxy) is 1. The molecule has 0 aliphatic rings. The lowest BCUT2D eigenvalue weighted by atomic mass is 10.2. The summed E-state index contributed by atoms with van der Waals surface area (Å²) in [6, 6.07) is 9.51. The highest BCUT2D eigenvalue weighted by Crippen LogP contribution is 2.01. The summed E-state index contributed by atoms with van der Waals surface area (Å²) in [5.41, 5.74) is 0.989. The van der Waals surface area contributed by atoms with Crippen LogP contribution in [0.25, 0.3) is 0 Å². The lowest BCUT2D eigenvalue weighted by molar-refractivity contribution is -0.121. The highest BCUT2D eigenvalue weighted by Gasteiger charge is 2.04. The van der Waals surface area contributed by atoms with Gasteiger partial charge in [0.1, 0.15) is 6.10 Å². The van der Waals surface area contributed by atoms with Crippen molar-refractivity contribution in [3.63, 3.8) is 0 Å². The summed E-state index contributed by atoms with van der Waals surface area (Å²) in [7, 11) is 0. The molecule has 0 bridgehead atoms. The molecular formula is C10H12O3. The zero-order chi connectivity index (χ0) is 9.52. The van der Waals surface area contributed by atoms with Crippen molar-refractivity contribution in [2.45, 2.75) is 12.7 Å². The SMILES string of the molecule is O=CC(CO)OCc1ccccc1. The predicted octanol–water partition coefficient (Wildman–Crippen LogP) is 0.763. The summed E-state index contributed by atoms with van der Waals surface area (Å²) in [4.78, 5) is 10.3. The minimum Gasteiger partial charge on any atom is -0.393 e. The van der Waals surface area contributed by atoms with E-state index < -0.39 is 6.10 Å². The van der Waals surface area contributed by atoms with Crippen molar-refractivity contribution >= 4 is 6.29 Å². The van der Waals surface area contributed by atoms with E-state index in [-0.39, 0.29) is 6.61 Å². The first-order chi connectivity index (χ1) is 6.36. The number of aldehydes is 1. The van der Waals surface area contributed by atoms with Crippen molar-refractivity contribution < 1.29 is 14.6 Å². The second-order valence-electron chi connectivity index (χ2n) is 2.65. The van der Waals surface area contributed by atoms with Gasteiger partial charge in [0.25, 0.3) is 0 Å². The van der Waals surface area contributed by atoms with Crippen molar-refractivity contribution in [2.75, 3.05) is 6.61 Å². The van der Waals surface area contributed by atoms with Crippen molar-refractivity contribution in [3.8, 4) is 0 Å². The molecular weight excluding hydrogens is 168 g/mol. The molecule has 0 amide bonds. The van der Waals surface area contributed by atoms with E-state index in [9.17, 15) is 4.79 Å². The van der Waals surface area contributed by atoms with Gasteiger partial charge in [0.05, 0.1) is 13.2 Å². The zero-order valence-corrected chi connectivity index (χ0v) is 7.22. The Labute approximate surface area is 77.0 Å². The standard InChI is InChI=1S/C10H12O3/c11-6-10(7-12)13-8-9-4-2-1-3-5-9/h1-6,10,12H,7-8H2. The van der Waals surface area contributed by atoms with Crippen LogP contribution in [0.4, 0.5) is 0 Å². The van der Waals surface area contributed by atoms with Crippen molar-refractivity contribution in [1.82, 2.24) is 0 Å². The van der Waals surface area contributed by atoms with Gasteiger partial charge in [-0.25, -0.2) is 0 Å². The minimum atomic E-state index is -0.708. The Hall–Kier alpha value is -1.19. The first kappa shape index (κ1) is 9.89. The maximum absolute atomic E-state index is 10.3. The van der Waals surface area contributed by atoms with Crippen LogP contribution in [-0.2, 0) is 16.1 Å². The van der Waals surface area contributed by atoms with Gasteiger partial charge in [0, 0.05) is 0 Å². The number of carbonyl (C=O) groups excluding carboxylic acids is 1. The van der Waals surface area contributed by atoms with Gasteiger partial charge < -0.3 is 14.6 Å². The zero-order valence-electron chi connectivity index (χ0n) is 7.22. The molecule has 0 fully saturated rings. The molecule has 1 atom stereocenters. The topological polar surface area (TPSA) is 46.5 Å². The summed E-state index contributed by atoms with van der Waals surface area (Å²) in [5, 5.41) is 8.65. The van der Waals surface area contributed by atoms with Gasteiger partial charge in [0.15, 0.2) is 6.29 Å². The summed E-state index contributed by atoms with van der Waals surface area (Å²) in [6.45, 7) is 0.0845. The smallest absolute Gasteiger partial charge is 0.151 e. The molecule has 1 unspecified atom stereocenters. The van der Waals surface area contributed by atoms with Gasteiger partial charge in [0.2, 0.25) is 0 Å². The van der Waals surface area contributed by atoms with Gasteiger partial charge in [-0.3, -0.25) is 0 Å². The first-order valence-electron chi connectivity index (χ1n) is 4.08. The van der Waals surface area contributed by atoms with Crippen LogP contribution < -0.4 is 0 Å². The van der Waals surface area contributed by atoms with E-state index in [1.54, 1.807) is 0 Å². The third-order valence-corrected chi connectivity index (χ3v) is 1.64. The highest BCUT2D eigenvalue weighted by atomic mass is 16.5. The van der Waals surface area contributed by atoms with Crippen LogP contribution in [0.5, 0.6) is 0 Å². The largest absolute Gasteiger partial charge is 0.393 e. The van der Waals surface area contributed by atoms with E-state index in [0.29, 0.717) is 12.9 Å². The molecule has 1 rings (SSSR count). The van der Waals surface area contributed by atoms with Gasteiger partial charge in [-0.1, -0.05) is 30.3 Å². The molecule has 0 saturated carbocycles. The highest BCUT2D eigenvalue weighted by molar-refractivity contribution is 5.56. The van der Waals surface area contributed by atoms with Gasteiger partial charge in [-0.05, 0) is 5.56 Å². The molecule has 1 aromatic carbocycles. The third kappa shape index (κ3) is 3.36. The Balaban J connectivity index is 2.38. The molecule has 3 nitrogen and oxygen atoms in total. The molecule has 1 N–H and O–H groups in total. The normalized spacial score (nSPS) is 12.4. The molecule has 1 aromatic rings. The summed E-state index contributed by atoms with van der Waals surface area (Å²) in [5.74, 6) is 0. The monoisotopic (exact) mass is 180 g/mol. The fourth-order valence-corrected chi connectivity index (χ4v) is 0.913. The Morgan fingerprint density at radius 2 is 2.08 bits per heavy atom. The van der Waals surface area contributed by atoms with Crippen LogP contribution in [0.2, 0.25) is 0 Å². The Morgan fingerprint density at radius 1 is 1.38 bits per heavy atom. The van der Waals surface area contributed by atoms with E-state index in [1.165, 1.54) is 0 Å². The average Bonchev–Trinajstić information content (AvgIpc) is 2.21. The Kier molecular flexibility index (Phi) is 4.15. The van der Waals surface area contributed by atoms with Crippen molar-refractivity contribution in [2.24, 2.45) is 0 Å². The first-order valence-corrected chi connectivity index (χ1v) is 4.08. The molecule has 0 aromatic heterocycles. The second kappa shape index (κ2) is 5.45. The fourth-order valence-electron chi connectivity index (χ4n) is 0.913. The number of carbonyl (C=O) groups is 1. The van der Waals surface area contributed by atoms with Gasteiger partial charge >= 0.3 is 0 Å². The van der Waals surface area contributed by atoms with E-state index >= 15 is 0 Å². The number of aliphatic hydroxyl groups is 1. The molecule has 70 valence electrons. The van der Waals surface area contributed by atoms with E-state index in [0.717, 1.165) is 5.56 Å². The van der Waals surface area contributed by atoms with Crippen LogP contribution in [0.1, 0.15) is 5.56 Å². The minimum absolute atomic E-state index is 0.268. The molecule has 13 heavy (non-hydrogen) atoms. The summed E-state index contributed by atoms with van der Waals surface area (Å²) < 4.78 is 5.11. The molecule has 0 aliphatic heterocycles. The van der Waals surface area contributed by atoms with E-state index in [1.807, 2.05) is 30.3 Å². The van der Waals surface area contributed by atoms with Gasteiger partial charge in [-0.2, -0.15) is 0 Å². The Morgan fingerprint density at radius 3 is 2.62 bits per heavy atom.